The summed E-state index contributed by atoms with van der Waals surface area (Å²) >= 11 is 3.19. The van der Waals surface area contributed by atoms with Crippen molar-refractivity contribution in [2.45, 2.75) is 17.2 Å². The Morgan fingerprint density at radius 2 is 2.18 bits per heavy atom. The lowest BCUT2D eigenvalue weighted by Gasteiger charge is -2.08. The van der Waals surface area contributed by atoms with E-state index in [-0.39, 0.29) is 5.91 Å². The lowest BCUT2D eigenvalue weighted by Crippen LogP contribution is -2.23. The second-order valence-corrected chi connectivity index (χ2v) is 6.26. The Morgan fingerprint density at radius 3 is 2.95 bits per heavy atom. The maximum Gasteiger partial charge on any atom is 0.252 e. The Hall–Kier alpha value is -2.05. The molecular formula is C16H14N2O2S2. The fourth-order valence-electron chi connectivity index (χ4n) is 1.92. The topological polar surface area (TPSA) is 55.1 Å². The maximum absolute atomic E-state index is 12.3. The number of thioether (sulfide) groups is 1. The van der Waals surface area contributed by atoms with Crippen LogP contribution in [0.1, 0.15) is 21.8 Å². The summed E-state index contributed by atoms with van der Waals surface area (Å²) in [6.45, 7) is 0.386. The molecule has 0 bridgehead atoms. The highest BCUT2D eigenvalue weighted by atomic mass is 32.2. The quantitative estimate of drug-likeness (QED) is 0.695. The molecule has 0 radical (unpaired) electrons. The summed E-state index contributed by atoms with van der Waals surface area (Å²) in [6.07, 6.45) is 1.60. The molecule has 0 fully saturated rings. The van der Waals surface area contributed by atoms with Gasteiger partial charge in [0.05, 0.1) is 29.6 Å². The van der Waals surface area contributed by atoms with E-state index in [0.717, 1.165) is 22.1 Å². The lowest BCUT2D eigenvalue weighted by atomic mass is 10.2. The molecule has 0 unspecified atom stereocenters. The molecule has 4 nitrogen and oxygen atoms in total. The summed E-state index contributed by atoms with van der Waals surface area (Å²) in [5, 5.41) is 4.90. The van der Waals surface area contributed by atoms with Crippen molar-refractivity contribution in [1.82, 2.24) is 10.3 Å². The van der Waals surface area contributed by atoms with Crippen molar-refractivity contribution in [2.24, 2.45) is 0 Å². The van der Waals surface area contributed by atoms with Crippen LogP contribution in [0.15, 0.2) is 62.9 Å². The number of thiazole rings is 1. The minimum Gasteiger partial charge on any atom is -0.467 e. The summed E-state index contributed by atoms with van der Waals surface area (Å²) in [4.78, 5) is 17.6. The molecule has 3 rings (SSSR count). The predicted molar refractivity (Wildman–Crippen MR) is 88.0 cm³/mol. The number of hydrogen-bond donors (Lipinski definition) is 1. The van der Waals surface area contributed by atoms with Crippen LogP contribution in [-0.4, -0.2) is 10.9 Å². The van der Waals surface area contributed by atoms with Gasteiger partial charge in [0.2, 0.25) is 0 Å². The molecule has 0 aliphatic heterocycles. The zero-order chi connectivity index (χ0) is 15.2. The van der Waals surface area contributed by atoms with E-state index in [9.17, 15) is 4.79 Å². The molecule has 6 heteroatoms. The van der Waals surface area contributed by atoms with Gasteiger partial charge in [0, 0.05) is 16.0 Å². The Balaban J connectivity index is 1.65. The fraction of sp³-hybridized carbons (Fsp3) is 0.125. The van der Waals surface area contributed by atoms with Gasteiger partial charge in [0.25, 0.3) is 5.91 Å². The number of carbonyl (C=O) groups excluding carboxylic acids is 1. The summed E-state index contributed by atoms with van der Waals surface area (Å²) in [5.41, 5.74) is 3.52. The molecule has 2 aromatic heterocycles. The van der Waals surface area contributed by atoms with Crippen molar-refractivity contribution in [3.8, 4) is 0 Å². The third-order valence-electron chi connectivity index (χ3n) is 2.99. The molecule has 0 aliphatic carbocycles. The van der Waals surface area contributed by atoms with E-state index >= 15 is 0 Å². The molecule has 0 saturated heterocycles. The molecule has 1 N–H and O–H groups in total. The minimum absolute atomic E-state index is 0.0993. The van der Waals surface area contributed by atoms with Crippen LogP contribution in [0.25, 0.3) is 0 Å². The van der Waals surface area contributed by atoms with Crippen LogP contribution >= 0.6 is 23.1 Å². The van der Waals surface area contributed by atoms with Crippen LogP contribution in [0, 0.1) is 0 Å². The monoisotopic (exact) mass is 330 g/mol. The second-order valence-electron chi connectivity index (χ2n) is 4.53. The smallest absolute Gasteiger partial charge is 0.252 e. The first-order chi connectivity index (χ1) is 10.8. The maximum atomic E-state index is 12.3. The largest absolute Gasteiger partial charge is 0.467 e. The van der Waals surface area contributed by atoms with E-state index in [0.29, 0.717) is 12.1 Å². The van der Waals surface area contributed by atoms with Crippen molar-refractivity contribution in [1.29, 1.82) is 0 Å². The highest BCUT2D eigenvalue weighted by Crippen LogP contribution is 2.26. The lowest BCUT2D eigenvalue weighted by molar-refractivity contribution is 0.0945. The molecular weight excluding hydrogens is 316 g/mol. The summed E-state index contributed by atoms with van der Waals surface area (Å²) in [7, 11) is 0. The molecule has 2 heterocycles. The summed E-state index contributed by atoms with van der Waals surface area (Å²) in [6, 6.07) is 11.2. The molecule has 1 aromatic carbocycles. The van der Waals surface area contributed by atoms with Gasteiger partial charge in [-0.3, -0.25) is 4.79 Å². The number of hydrogen-bond acceptors (Lipinski definition) is 5. The van der Waals surface area contributed by atoms with E-state index in [1.807, 2.05) is 41.2 Å². The number of rotatable bonds is 6. The standard InChI is InChI=1S/C16H14N2O2S2/c19-16(17-8-13-4-3-7-20-13)14-5-1-2-6-15(14)22-10-12-9-21-11-18-12/h1-7,9,11H,8,10H2,(H,17,19). The van der Waals surface area contributed by atoms with Crippen LogP contribution in [0.5, 0.6) is 0 Å². The van der Waals surface area contributed by atoms with Gasteiger partial charge in [-0.1, -0.05) is 12.1 Å². The number of aromatic nitrogens is 1. The SMILES string of the molecule is O=C(NCc1ccco1)c1ccccc1SCc1cscn1. The number of amides is 1. The number of nitrogens with one attached hydrogen (secondary N) is 1. The van der Waals surface area contributed by atoms with Crippen molar-refractivity contribution < 1.29 is 9.21 Å². The van der Waals surface area contributed by atoms with E-state index in [1.165, 1.54) is 0 Å². The van der Waals surface area contributed by atoms with Gasteiger partial charge in [-0.05, 0) is 24.3 Å². The number of furan rings is 1. The van der Waals surface area contributed by atoms with E-state index in [4.69, 9.17) is 4.42 Å². The van der Waals surface area contributed by atoms with Gasteiger partial charge in [-0.2, -0.15) is 0 Å². The molecule has 0 spiro atoms. The number of nitrogens with zero attached hydrogens (tertiary/aromatic N) is 1. The van der Waals surface area contributed by atoms with Crippen molar-refractivity contribution in [3.05, 3.63) is 70.6 Å². The molecule has 0 aliphatic rings. The van der Waals surface area contributed by atoms with E-state index in [1.54, 1.807) is 35.4 Å². The van der Waals surface area contributed by atoms with E-state index in [2.05, 4.69) is 10.3 Å². The van der Waals surface area contributed by atoms with Crippen LogP contribution in [-0.2, 0) is 12.3 Å². The van der Waals surface area contributed by atoms with Crippen molar-refractivity contribution >= 4 is 29.0 Å². The van der Waals surface area contributed by atoms with Gasteiger partial charge in [0.1, 0.15) is 5.76 Å². The predicted octanol–water partition coefficient (Wildman–Crippen LogP) is 3.96. The molecule has 0 saturated carbocycles. The second kappa shape index (κ2) is 7.29. The Morgan fingerprint density at radius 1 is 1.27 bits per heavy atom. The Labute approximate surface area is 136 Å². The molecule has 3 aromatic rings. The average Bonchev–Trinajstić information content (AvgIpc) is 3.24. The number of benzene rings is 1. The van der Waals surface area contributed by atoms with Crippen molar-refractivity contribution in [3.63, 3.8) is 0 Å². The molecule has 0 atom stereocenters. The van der Waals surface area contributed by atoms with Crippen LogP contribution in [0.4, 0.5) is 0 Å². The zero-order valence-corrected chi connectivity index (χ0v) is 13.3. The zero-order valence-electron chi connectivity index (χ0n) is 11.7. The van der Waals surface area contributed by atoms with Crippen LogP contribution in [0.2, 0.25) is 0 Å². The van der Waals surface area contributed by atoms with Gasteiger partial charge in [-0.25, -0.2) is 4.98 Å². The van der Waals surface area contributed by atoms with Gasteiger partial charge in [0.15, 0.2) is 0 Å². The number of carbonyl (C=O) groups is 1. The van der Waals surface area contributed by atoms with E-state index < -0.39 is 0 Å². The molecule has 112 valence electrons. The first-order valence-corrected chi connectivity index (χ1v) is 8.65. The third-order valence-corrected chi connectivity index (χ3v) is 4.74. The van der Waals surface area contributed by atoms with Gasteiger partial charge >= 0.3 is 0 Å². The van der Waals surface area contributed by atoms with Gasteiger partial charge in [-0.15, -0.1) is 23.1 Å². The third kappa shape index (κ3) is 3.78. The minimum atomic E-state index is -0.0993. The van der Waals surface area contributed by atoms with Crippen molar-refractivity contribution in [2.75, 3.05) is 0 Å². The normalized spacial score (nSPS) is 10.5. The van der Waals surface area contributed by atoms with Gasteiger partial charge < -0.3 is 9.73 Å². The Bertz CT molecular complexity index is 724. The highest BCUT2D eigenvalue weighted by Gasteiger charge is 2.12. The Kier molecular flexibility index (Phi) is 4.92. The first kappa shape index (κ1) is 14.9. The average molecular weight is 330 g/mol. The first-order valence-electron chi connectivity index (χ1n) is 6.72. The molecule has 22 heavy (non-hydrogen) atoms. The highest BCUT2D eigenvalue weighted by molar-refractivity contribution is 7.98. The summed E-state index contributed by atoms with van der Waals surface area (Å²) < 4.78 is 5.22. The summed E-state index contributed by atoms with van der Waals surface area (Å²) in [5.74, 6) is 1.39. The van der Waals surface area contributed by atoms with Crippen LogP contribution in [0.3, 0.4) is 0 Å². The van der Waals surface area contributed by atoms with Crippen LogP contribution < -0.4 is 5.32 Å². The fourth-order valence-corrected chi connectivity index (χ4v) is 3.53. The molecule has 1 amide bonds.